The van der Waals surface area contributed by atoms with Crippen LogP contribution in [0.15, 0.2) is 24.3 Å². The van der Waals surface area contributed by atoms with Crippen LogP contribution in [0.5, 0.6) is 5.75 Å². The van der Waals surface area contributed by atoms with E-state index >= 15 is 0 Å². The van der Waals surface area contributed by atoms with Gasteiger partial charge < -0.3 is 10.4 Å². The van der Waals surface area contributed by atoms with Crippen LogP contribution in [0.25, 0.3) is 0 Å². The van der Waals surface area contributed by atoms with Gasteiger partial charge in [-0.15, -0.1) is 11.6 Å². The van der Waals surface area contributed by atoms with E-state index in [0.717, 1.165) is 18.7 Å². The molecular weight excluding hydrogens is 198 g/mol. The van der Waals surface area contributed by atoms with Crippen LogP contribution in [0, 0.1) is 5.92 Å². The molecule has 0 spiro atoms. The lowest BCUT2D eigenvalue weighted by molar-refractivity contribution is 0.473. The molecule has 1 atom stereocenters. The lowest BCUT2D eigenvalue weighted by atomic mass is 10.2. The van der Waals surface area contributed by atoms with Crippen LogP contribution >= 0.6 is 11.6 Å². The van der Waals surface area contributed by atoms with Gasteiger partial charge in [-0.25, -0.2) is 0 Å². The minimum atomic E-state index is 0.315. The topological polar surface area (TPSA) is 32.3 Å². The van der Waals surface area contributed by atoms with E-state index in [2.05, 4.69) is 12.2 Å². The first-order chi connectivity index (χ1) is 6.72. The highest BCUT2D eigenvalue weighted by Crippen LogP contribution is 2.10. The zero-order chi connectivity index (χ0) is 10.4. The fourth-order valence-corrected chi connectivity index (χ4v) is 1.29. The highest BCUT2D eigenvalue weighted by atomic mass is 35.5. The van der Waals surface area contributed by atoms with Gasteiger partial charge in [0.1, 0.15) is 5.75 Å². The highest BCUT2D eigenvalue weighted by molar-refractivity contribution is 6.18. The predicted molar refractivity (Wildman–Crippen MR) is 59.7 cm³/mol. The fraction of sp³-hybridized carbons (Fsp3) is 0.455. The van der Waals surface area contributed by atoms with Crippen LogP contribution in [0.4, 0.5) is 0 Å². The second-order valence-electron chi connectivity index (χ2n) is 3.56. The summed E-state index contributed by atoms with van der Waals surface area (Å²) in [6, 6.07) is 7.26. The molecular formula is C11H16ClNO. The molecule has 1 rings (SSSR count). The summed E-state index contributed by atoms with van der Waals surface area (Å²) < 4.78 is 0. The Morgan fingerprint density at radius 2 is 2.29 bits per heavy atom. The highest BCUT2D eigenvalue weighted by Gasteiger charge is 1.99. The van der Waals surface area contributed by atoms with E-state index in [1.165, 1.54) is 0 Å². The summed E-state index contributed by atoms with van der Waals surface area (Å²) in [5, 5.41) is 12.5. The summed E-state index contributed by atoms with van der Waals surface area (Å²) in [5.74, 6) is 1.47. The van der Waals surface area contributed by atoms with E-state index in [4.69, 9.17) is 11.6 Å². The van der Waals surface area contributed by atoms with Crippen LogP contribution in [0.2, 0.25) is 0 Å². The molecule has 0 aliphatic rings. The van der Waals surface area contributed by atoms with Crippen molar-refractivity contribution in [1.82, 2.24) is 5.32 Å². The average Bonchev–Trinajstić information content (AvgIpc) is 2.17. The molecule has 0 heterocycles. The van der Waals surface area contributed by atoms with Crippen molar-refractivity contribution < 1.29 is 5.11 Å². The molecule has 1 aromatic rings. The molecule has 78 valence electrons. The van der Waals surface area contributed by atoms with E-state index in [9.17, 15) is 5.11 Å². The molecule has 0 aliphatic heterocycles. The van der Waals surface area contributed by atoms with Gasteiger partial charge >= 0.3 is 0 Å². The van der Waals surface area contributed by atoms with Gasteiger partial charge in [0.2, 0.25) is 0 Å². The van der Waals surface area contributed by atoms with Crippen LogP contribution in [-0.4, -0.2) is 17.5 Å². The number of benzene rings is 1. The Bertz CT molecular complexity index is 278. The summed E-state index contributed by atoms with van der Waals surface area (Å²) in [6.45, 7) is 3.78. The largest absolute Gasteiger partial charge is 0.508 e. The first-order valence-corrected chi connectivity index (χ1v) is 5.30. The van der Waals surface area contributed by atoms with Crippen molar-refractivity contribution in [2.24, 2.45) is 5.92 Å². The summed E-state index contributed by atoms with van der Waals surface area (Å²) in [5.41, 5.74) is 1.09. The maximum absolute atomic E-state index is 9.22. The van der Waals surface area contributed by atoms with Crippen molar-refractivity contribution >= 4 is 11.6 Å². The summed E-state index contributed by atoms with van der Waals surface area (Å²) >= 11 is 5.68. The maximum Gasteiger partial charge on any atom is 0.115 e. The first kappa shape index (κ1) is 11.3. The third-order valence-electron chi connectivity index (χ3n) is 2.00. The smallest absolute Gasteiger partial charge is 0.115 e. The van der Waals surface area contributed by atoms with Crippen molar-refractivity contribution in [3.05, 3.63) is 29.8 Å². The summed E-state index contributed by atoms with van der Waals surface area (Å²) in [6.07, 6.45) is 0. The zero-order valence-corrected chi connectivity index (χ0v) is 9.09. The standard InChI is InChI=1S/C11H16ClNO/c1-9(6-12)7-13-8-10-3-2-4-11(14)5-10/h2-5,9,13-14H,6-8H2,1H3. The normalized spacial score (nSPS) is 12.7. The van der Waals surface area contributed by atoms with E-state index in [1.54, 1.807) is 12.1 Å². The average molecular weight is 214 g/mol. The number of phenolic OH excluding ortho intramolecular Hbond substituents is 1. The molecule has 0 aromatic heterocycles. The fourth-order valence-electron chi connectivity index (χ4n) is 1.18. The number of phenols is 1. The van der Waals surface area contributed by atoms with Gasteiger partial charge in [0.15, 0.2) is 0 Å². The zero-order valence-electron chi connectivity index (χ0n) is 8.33. The monoisotopic (exact) mass is 213 g/mol. The molecule has 0 bridgehead atoms. The number of rotatable bonds is 5. The van der Waals surface area contributed by atoms with Gasteiger partial charge in [0.25, 0.3) is 0 Å². The SMILES string of the molecule is CC(CCl)CNCc1cccc(O)c1. The van der Waals surface area contributed by atoms with Gasteiger partial charge in [0.05, 0.1) is 0 Å². The second-order valence-corrected chi connectivity index (χ2v) is 3.87. The van der Waals surface area contributed by atoms with E-state index in [0.29, 0.717) is 17.5 Å². The van der Waals surface area contributed by atoms with Crippen molar-refractivity contribution in [1.29, 1.82) is 0 Å². The number of halogens is 1. The molecule has 1 unspecified atom stereocenters. The molecule has 0 saturated heterocycles. The molecule has 1 aromatic carbocycles. The Balaban J connectivity index is 2.31. The van der Waals surface area contributed by atoms with Crippen molar-refractivity contribution in [2.45, 2.75) is 13.5 Å². The first-order valence-electron chi connectivity index (χ1n) is 4.77. The Kier molecular flexibility index (Phi) is 4.77. The molecule has 2 N–H and O–H groups in total. The number of nitrogens with one attached hydrogen (secondary N) is 1. The van der Waals surface area contributed by atoms with Crippen LogP contribution in [0.1, 0.15) is 12.5 Å². The van der Waals surface area contributed by atoms with Crippen LogP contribution < -0.4 is 5.32 Å². The number of alkyl halides is 1. The Hall–Kier alpha value is -0.730. The van der Waals surface area contributed by atoms with E-state index < -0.39 is 0 Å². The lowest BCUT2D eigenvalue weighted by Crippen LogP contribution is -2.21. The Morgan fingerprint density at radius 1 is 1.50 bits per heavy atom. The van der Waals surface area contributed by atoms with Crippen molar-refractivity contribution in [3.63, 3.8) is 0 Å². The Labute approximate surface area is 89.9 Å². The van der Waals surface area contributed by atoms with Crippen molar-refractivity contribution in [3.8, 4) is 5.75 Å². The van der Waals surface area contributed by atoms with E-state index in [-0.39, 0.29) is 0 Å². The predicted octanol–water partition coefficient (Wildman–Crippen LogP) is 2.36. The molecule has 2 nitrogen and oxygen atoms in total. The molecule has 0 aliphatic carbocycles. The quantitative estimate of drug-likeness (QED) is 0.736. The van der Waals surface area contributed by atoms with Gasteiger partial charge in [-0.1, -0.05) is 19.1 Å². The third kappa shape index (κ3) is 3.99. The van der Waals surface area contributed by atoms with Crippen LogP contribution in [0.3, 0.4) is 0 Å². The molecule has 0 amide bonds. The minimum absolute atomic E-state index is 0.315. The van der Waals surface area contributed by atoms with E-state index in [1.807, 2.05) is 12.1 Å². The lowest BCUT2D eigenvalue weighted by Gasteiger charge is -2.09. The molecule has 3 heteroatoms. The minimum Gasteiger partial charge on any atom is -0.508 e. The summed E-state index contributed by atoms with van der Waals surface area (Å²) in [4.78, 5) is 0. The van der Waals surface area contributed by atoms with Crippen molar-refractivity contribution in [2.75, 3.05) is 12.4 Å². The number of hydrogen-bond donors (Lipinski definition) is 2. The third-order valence-corrected chi connectivity index (χ3v) is 2.52. The van der Waals surface area contributed by atoms with Crippen LogP contribution in [-0.2, 0) is 6.54 Å². The maximum atomic E-state index is 9.22. The van der Waals surface area contributed by atoms with Gasteiger partial charge in [-0.05, 0) is 30.2 Å². The molecule has 0 radical (unpaired) electrons. The van der Waals surface area contributed by atoms with Gasteiger partial charge in [-0.2, -0.15) is 0 Å². The number of hydrogen-bond acceptors (Lipinski definition) is 2. The summed E-state index contributed by atoms with van der Waals surface area (Å²) in [7, 11) is 0. The number of aromatic hydroxyl groups is 1. The Morgan fingerprint density at radius 3 is 2.93 bits per heavy atom. The molecule has 14 heavy (non-hydrogen) atoms. The second kappa shape index (κ2) is 5.89. The van der Waals surface area contributed by atoms with Gasteiger partial charge in [-0.3, -0.25) is 0 Å². The van der Waals surface area contributed by atoms with Gasteiger partial charge in [0, 0.05) is 12.4 Å². The molecule has 0 fully saturated rings. The molecule has 0 saturated carbocycles.